The van der Waals surface area contributed by atoms with E-state index in [0.29, 0.717) is 28.2 Å². The van der Waals surface area contributed by atoms with Gasteiger partial charge in [0.1, 0.15) is 11.5 Å². The maximum Gasteiger partial charge on any atom is 0.283 e. The average Bonchev–Trinajstić information content (AvgIpc) is 3.30. The number of nitrogens with zero attached hydrogens (tertiary/aromatic N) is 4. The number of amides is 2. The van der Waals surface area contributed by atoms with E-state index in [1.54, 1.807) is 30.3 Å². The maximum atomic E-state index is 11.7. The van der Waals surface area contributed by atoms with Gasteiger partial charge in [0, 0.05) is 5.56 Å². The summed E-state index contributed by atoms with van der Waals surface area (Å²) >= 11 is 0. The van der Waals surface area contributed by atoms with Gasteiger partial charge in [0.25, 0.3) is 17.8 Å². The lowest BCUT2D eigenvalue weighted by Gasteiger charge is -1.99. The zero-order chi connectivity index (χ0) is 16.5. The third-order valence-corrected chi connectivity index (χ3v) is 3.35. The number of furan rings is 1. The van der Waals surface area contributed by atoms with Gasteiger partial charge in [-0.15, -0.1) is 5.10 Å². The number of carbonyl (C=O) groups excluding carboxylic acids is 2. The van der Waals surface area contributed by atoms with Crippen molar-refractivity contribution in [3.63, 3.8) is 0 Å². The summed E-state index contributed by atoms with van der Waals surface area (Å²) in [5, 5.41) is 19.2. The summed E-state index contributed by atoms with van der Waals surface area (Å²) in [7, 11) is 0. The number of H-pyrrole nitrogens is 1. The number of aromatic amines is 1. The molecule has 0 fully saturated rings. The van der Waals surface area contributed by atoms with Crippen LogP contribution in [0.1, 0.15) is 26.5 Å². The Hall–Kier alpha value is -3.82. The molecule has 0 radical (unpaired) electrons. The molecule has 118 valence electrons. The average molecular weight is 323 g/mol. The third-order valence-electron chi connectivity index (χ3n) is 3.35. The Morgan fingerprint density at radius 3 is 2.83 bits per heavy atom. The Balaban J connectivity index is 1.55. The second-order valence-corrected chi connectivity index (χ2v) is 4.85. The van der Waals surface area contributed by atoms with Gasteiger partial charge in [-0.05, 0) is 29.5 Å². The van der Waals surface area contributed by atoms with Crippen molar-refractivity contribution in [3.05, 3.63) is 47.2 Å². The number of tetrazole rings is 1. The number of rotatable bonds is 4. The van der Waals surface area contributed by atoms with Gasteiger partial charge in [0.2, 0.25) is 0 Å². The molecule has 4 rings (SSSR count). The molecule has 2 amide bonds. The van der Waals surface area contributed by atoms with Crippen molar-refractivity contribution in [1.29, 1.82) is 0 Å². The largest absolute Gasteiger partial charge is 0.455 e. The SMILES string of the molecule is O=C1NC(=O)c2cc(-c3ccc(C=NNc4nn[nH]n4)o3)ccc21. The zero-order valence-electron chi connectivity index (χ0n) is 12.0. The molecule has 0 atom stereocenters. The van der Waals surface area contributed by atoms with E-state index in [9.17, 15) is 9.59 Å². The van der Waals surface area contributed by atoms with Gasteiger partial charge in [0.05, 0.1) is 17.3 Å². The van der Waals surface area contributed by atoms with Gasteiger partial charge in [-0.3, -0.25) is 14.9 Å². The predicted octanol–water partition coefficient (Wildman–Crippen LogP) is 0.789. The minimum Gasteiger partial charge on any atom is -0.455 e. The van der Waals surface area contributed by atoms with E-state index < -0.39 is 5.91 Å². The first kappa shape index (κ1) is 13.8. The maximum absolute atomic E-state index is 11.7. The minimum atomic E-state index is -0.408. The molecule has 0 spiro atoms. The van der Waals surface area contributed by atoms with Crippen molar-refractivity contribution < 1.29 is 14.0 Å². The molecule has 1 aromatic carbocycles. The standard InChI is InChI=1S/C14H9N7O3/c22-12-9-3-1-7(5-10(9)13(23)16-12)11-4-2-8(24-11)6-15-17-14-18-20-21-19-14/h1-6H,(H,16,22,23)(H2,17,18,19,20,21). The fourth-order valence-corrected chi connectivity index (χ4v) is 2.26. The Morgan fingerprint density at radius 1 is 1.12 bits per heavy atom. The number of hydrogen-bond donors (Lipinski definition) is 3. The van der Waals surface area contributed by atoms with Gasteiger partial charge in [0.15, 0.2) is 0 Å². The third kappa shape index (κ3) is 2.41. The smallest absolute Gasteiger partial charge is 0.283 e. The second-order valence-electron chi connectivity index (χ2n) is 4.85. The molecular weight excluding hydrogens is 314 g/mol. The van der Waals surface area contributed by atoms with Gasteiger partial charge in [-0.2, -0.15) is 10.3 Å². The van der Waals surface area contributed by atoms with E-state index in [4.69, 9.17) is 4.42 Å². The Bertz CT molecular complexity index is 959. The van der Waals surface area contributed by atoms with Gasteiger partial charge in [-0.1, -0.05) is 11.2 Å². The lowest BCUT2D eigenvalue weighted by Crippen LogP contribution is -2.19. The Morgan fingerprint density at radius 2 is 2.00 bits per heavy atom. The topological polar surface area (TPSA) is 138 Å². The van der Waals surface area contributed by atoms with Crippen LogP contribution in [0.4, 0.5) is 5.95 Å². The molecule has 0 bridgehead atoms. The molecule has 0 aliphatic carbocycles. The molecule has 10 heteroatoms. The predicted molar refractivity (Wildman–Crippen MR) is 81.3 cm³/mol. The number of fused-ring (bicyclic) bond motifs is 1. The molecule has 0 saturated heterocycles. The molecule has 0 unspecified atom stereocenters. The van der Waals surface area contributed by atoms with Crippen LogP contribution in [0, 0.1) is 0 Å². The monoisotopic (exact) mass is 323 g/mol. The first-order chi connectivity index (χ1) is 11.7. The number of hydrogen-bond acceptors (Lipinski definition) is 8. The molecular formula is C14H9N7O3. The number of hydrazone groups is 1. The first-order valence-corrected chi connectivity index (χ1v) is 6.83. The highest BCUT2D eigenvalue weighted by Crippen LogP contribution is 2.26. The summed E-state index contributed by atoms with van der Waals surface area (Å²) < 4.78 is 5.64. The van der Waals surface area contributed by atoms with Crippen LogP contribution in [0.5, 0.6) is 0 Å². The Kier molecular flexibility index (Phi) is 3.12. The van der Waals surface area contributed by atoms with E-state index in [2.05, 4.69) is 36.5 Å². The van der Waals surface area contributed by atoms with Crippen molar-refractivity contribution in [3.8, 4) is 11.3 Å². The fraction of sp³-hybridized carbons (Fsp3) is 0. The van der Waals surface area contributed by atoms with Gasteiger partial charge < -0.3 is 4.42 Å². The van der Waals surface area contributed by atoms with Crippen LogP contribution >= 0.6 is 0 Å². The second kappa shape index (κ2) is 5.43. The molecule has 0 saturated carbocycles. The number of anilines is 1. The van der Waals surface area contributed by atoms with Gasteiger partial charge >= 0.3 is 0 Å². The molecule has 2 aromatic heterocycles. The molecule has 10 nitrogen and oxygen atoms in total. The normalized spacial score (nSPS) is 13.3. The summed E-state index contributed by atoms with van der Waals surface area (Å²) in [5.74, 6) is 0.469. The zero-order valence-corrected chi connectivity index (χ0v) is 12.0. The van der Waals surface area contributed by atoms with E-state index in [1.165, 1.54) is 6.21 Å². The van der Waals surface area contributed by atoms with Gasteiger partial charge in [-0.25, -0.2) is 5.43 Å². The van der Waals surface area contributed by atoms with Crippen LogP contribution < -0.4 is 10.7 Å². The number of imide groups is 1. The molecule has 3 aromatic rings. The van der Waals surface area contributed by atoms with E-state index in [-0.39, 0.29) is 11.9 Å². The van der Waals surface area contributed by atoms with Crippen molar-refractivity contribution in [1.82, 2.24) is 25.9 Å². The van der Waals surface area contributed by atoms with E-state index >= 15 is 0 Å². The lowest BCUT2D eigenvalue weighted by molar-refractivity contribution is 0.0879. The number of benzene rings is 1. The number of nitrogens with one attached hydrogen (secondary N) is 3. The van der Waals surface area contributed by atoms with E-state index in [0.717, 1.165) is 0 Å². The summed E-state index contributed by atoms with van der Waals surface area (Å²) in [6.07, 6.45) is 1.45. The highest BCUT2D eigenvalue weighted by molar-refractivity contribution is 6.21. The van der Waals surface area contributed by atoms with Crippen molar-refractivity contribution in [2.75, 3.05) is 5.43 Å². The summed E-state index contributed by atoms with van der Waals surface area (Å²) in [6, 6.07) is 8.39. The molecule has 24 heavy (non-hydrogen) atoms. The fourth-order valence-electron chi connectivity index (χ4n) is 2.26. The van der Waals surface area contributed by atoms with Crippen molar-refractivity contribution in [2.24, 2.45) is 5.10 Å². The minimum absolute atomic E-state index is 0.229. The van der Waals surface area contributed by atoms with E-state index in [1.807, 2.05) is 0 Å². The molecule has 3 heterocycles. The summed E-state index contributed by atoms with van der Waals surface area (Å²) in [5.41, 5.74) is 3.95. The quantitative estimate of drug-likeness (QED) is 0.366. The highest BCUT2D eigenvalue weighted by Gasteiger charge is 2.27. The van der Waals surface area contributed by atoms with Crippen molar-refractivity contribution in [2.45, 2.75) is 0 Å². The van der Waals surface area contributed by atoms with Crippen molar-refractivity contribution >= 4 is 24.0 Å². The van der Waals surface area contributed by atoms with Crippen LogP contribution in [0.2, 0.25) is 0 Å². The highest BCUT2D eigenvalue weighted by atomic mass is 16.3. The number of aromatic nitrogens is 4. The molecule has 1 aliphatic heterocycles. The molecule has 1 aliphatic rings. The van der Waals surface area contributed by atoms with Crippen LogP contribution in [0.15, 0.2) is 39.9 Å². The van der Waals surface area contributed by atoms with Crippen LogP contribution in [-0.4, -0.2) is 38.7 Å². The summed E-state index contributed by atoms with van der Waals surface area (Å²) in [4.78, 5) is 23.3. The van der Waals surface area contributed by atoms with Crippen LogP contribution in [0.25, 0.3) is 11.3 Å². The Labute approximate surface area is 133 Å². The first-order valence-electron chi connectivity index (χ1n) is 6.83. The lowest BCUT2D eigenvalue weighted by atomic mass is 10.0. The molecule has 3 N–H and O–H groups in total. The van der Waals surface area contributed by atoms with Crippen LogP contribution in [0.3, 0.4) is 0 Å². The van der Waals surface area contributed by atoms with Crippen LogP contribution in [-0.2, 0) is 0 Å². The summed E-state index contributed by atoms with van der Waals surface area (Å²) in [6.45, 7) is 0. The number of carbonyl (C=O) groups is 2.